The van der Waals surface area contributed by atoms with Gasteiger partial charge in [0.05, 0.1) is 0 Å². The van der Waals surface area contributed by atoms with Crippen molar-refractivity contribution in [3.63, 3.8) is 0 Å². The highest BCUT2D eigenvalue weighted by molar-refractivity contribution is 7.15. The minimum absolute atomic E-state index is 0.00127. The third kappa shape index (κ3) is 3.86. The van der Waals surface area contributed by atoms with E-state index in [1.54, 1.807) is 22.7 Å². The fourth-order valence-corrected chi connectivity index (χ4v) is 3.41. The van der Waals surface area contributed by atoms with Crippen molar-refractivity contribution < 1.29 is 5.11 Å². The maximum absolute atomic E-state index is 9.11. The van der Waals surface area contributed by atoms with E-state index in [1.165, 1.54) is 10.4 Å². The van der Waals surface area contributed by atoms with Gasteiger partial charge in [0.1, 0.15) is 5.01 Å². The molecule has 3 nitrogen and oxygen atoms in total. The van der Waals surface area contributed by atoms with Crippen molar-refractivity contribution in [3.05, 3.63) is 27.9 Å². The van der Waals surface area contributed by atoms with Gasteiger partial charge in [-0.1, -0.05) is 6.92 Å². The molecule has 0 aliphatic carbocycles. The Labute approximate surface area is 122 Å². The number of hydrogen-bond donors (Lipinski definition) is 2. The van der Waals surface area contributed by atoms with Gasteiger partial charge < -0.3 is 10.4 Å². The molecule has 0 amide bonds. The average Bonchev–Trinajstić information content (AvgIpc) is 3.07. The van der Waals surface area contributed by atoms with E-state index in [2.05, 4.69) is 41.0 Å². The van der Waals surface area contributed by atoms with Crippen LogP contribution in [0.25, 0.3) is 10.6 Å². The van der Waals surface area contributed by atoms with E-state index in [9.17, 15) is 0 Å². The van der Waals surface area contributed by atoms with E-state index >= 15 is 0 Å². The lowest BCUT2D eigenvalue weighted by atomic mass is 9.95. The fourth-order valence-electron chi connectivity index (χ4n) is 1.85. The topological polar surface area (TPSA) is 45.1 Å². The van der Waals surface area contributed by atoms with Crippen molar-refractivity contribution in [2.24, 2.45) is 0 Å². The number of aliphatic hydroxyl groups is 1. The summed E-state index contributed by atoms with van der Waals surface area (Å²) in [5, 5.41) is 17.9. The number of aromatic nitrogens is 1. The monoisotopic (exact) mass is 296 g/mol. The van der Waals surface area contributed by atoms with Crippen LogP contribution in [0.4, 0.5) is 0 Å². The molecule has 2 aromatic rings. The van der Waals surface area contributed by atoms with Crippen LogP contribution < -0.4 is 5.32 Å². The summed E-state index contributed by atoms with van der Waals surface area (Å²) in [5.74, 6) is 0. The Morgan fingerprint density at radius 2 is 2.32 bits per heavy atom. The number of hydrogen-bond acceptors (Lipinski definition) is 5. The zero-order valence-corrected chi connectivity index (χ0v) is 13.0. The lowest BCUT2D eigenvalue weighted by Crippen LogP contribution is -2.41. The molecule has 0 radical (unpaired) electrons. The minimum Gasteiger partial charge on any atom is -0.396 e. The molecule has 0 fully saturated rings. The summed E-state index contributed by atoms with van der Waals surface area (Å²) in [7, 11) is 0. The van der Waals surface area contributed by atoms with E-state index in [-0.39, 0.29) is 12.1 Å². The van der Waals surface area contributed by atoms with Gasteiger partial charge in [-0.2, -0.15) is 11.3 Å². The molecule has 0 saturated heterocycles. The summed E-state index contributed by atoms with van der Waals surface area (Å²) in [4.78, 5) is 5.70. The van der Waals surface area contributed by atoms with Gasteiger partial charge in [-0.25, -0.2) is 4.98 Å². The van der Waals surface area contributed by atoms with Gasteiger partial charge in [0.25, 0.3) is 0 Å². The summed E-state index contributed by atoms with van der Waals surface area (Å²) >= 11 is 3.43. The number of thiazole rings is 1. The zero-order valence-electron chi connectivity index (χ0n) is 11.3. The molecule has 0 aliphatic heterocycles. The van der Waals surface area contributed by atoms with Gasteiger partial charge in [0.2, 0.25) is 0 Å². The van der Waals surface area contributed by atoms with Gasteiger partial charge in [-0.3, -0.25) is 0 Å². The highest BCUT2D eigenvalue weighted by Gasteiger charge is 2.20. The Balaban J connectivity index is 1.97. The van der Waals surface area contributed by atoms with E-state index in [4.69, 9.17) is 5.11 Å². The number of thiophene rings is 1. The quantitative estimate of drug-likeness (QED) is 0.822. The molecular formula is C14H20N2OS2. The summed E-state index contributed by atoms with van der Waals surface area (Å²) in [6.45, 7) is 5.34. The standard InChI is InChI=1S/C14H20N2OS2/c1-3-14(2,5-6-17)16-9-12-8-15-13(19-12)11-4-7-18-10-11/h4,7-8,10,16-17H,3,5-6,9H2,1-2H3. The van der Waals surface area contributed by atoms with E-state index in [1.807, 2.05) is 6.20 Å². The summed E-state index contributed by atoms with van der Waals surface area (Å²) < 4.78 is 0. The van der Waals surface area contributed by atoms with Gasteiger partial charge in [-0.15, -0.1) is 11.3 Å². The first kappa shape index (κ1) is 14.7. The van der Waals surface area contributed by atoms with Crippen LogP contribution in [0.1, 0.15) is 31.6 Å². The van der Waals surface area contributed by atoms with Crippen molar-refractivity contribution in [2.45, 2.75) is 38.8 Å². The number of rotatable bonds is 7. The molecule has 0 spiro atoms. The van der Waals surface area contributed by atoms with Crippen molar-refractivity contribution in [3.8, 4) is 10.6 Å². The van der Waals surface area contributed by atoms with Gasteiger partial charge >= 0.3 is 0 Å². The number of aliphatic hydroxyl groups excluding tert-OH is 1. The Bertz CT molecular complexity index is 495. The van der Waals surface area contributed by atoms with Crippen molar-refractivity contribution in [1.29, 1.82) is 0 Å². The van der Waals surface area contributed by atoms with Crippen molar-refractivity contribution >= 4 is 22.7 Å². The molecular weight excluding hydrogens is 276 g/mol. The predicted molar refractivity (Wildman–Crippen MR) is 82.7 cm³/mol. The second kappa shape index (κ2) is 6.61. The molecule has 104 valence electrons. The lowest BCUT2D eigenvalue weighted by molar-refractivity contribution is 0.215. The van der Waals surface area contributed by atoms with Crippen molar-refractivity contribution in [1.82, 2.24) is 10.3 Å². The highest BCUT2D eigenvalue weighted by atomic mass is 32.1. The molecule has 0 aliphatic rings. The Morgan fingerprint density at radius 3 is 2.95 bits per heavy atom. The molecule has 1 atom stereocenters. The number of nitrogens with zero attached hydrogens (tertiary/aromatic N) is 1. The first-order valence-electron chi connectivity index (χ1n) is 6.50. The fraction of sp³-hybridized carbons (Fsp3) is 0.500. The predicted octanol–water partition coefficient (Wildman–Crippen LogP) is 3.51. The molecule has 0 aromatic carbocycles. The smallest absolute Gasteiger partial charge is 0.124 e. The average molecular weight is 296 g/mol. The molecule has 0 bridgehead atoms. The summed E-state index contributed by atoms with van der Waals surface area (Å²) in [6, 6.07) is 2.10. The van der Waals surface area contributed by atoms with Crippen LogP contribution in [0, 0.1) is 0 Å². The third-order valence-corrected chi connectivity index (χ3v) is 5.18. The van der Waals surface area contributed by atoms with Crippen LogP contribution >= 0.6 is 22.7 Å². The molecule has 1 unspecified atom stereocenters. The molecule has 0 saturated carbocycles. The summed E-state index contributed by atoms with van der Waals surface area (Å²) in [6.07, 6.45) is 3.73. The van der Waals surface area contributed by atoms with Crippen LogP contribution in [-0.4, -0.2) is 22.2 Å². The first-order valence-corrected chi connectivity index (χ1v) is 8.26. The van der Waals surface area contributed by atoms with Gasteiger partial charge in [-0.05, 0) is 31.2 Å². The van der Waals surface area contributed by atoms with E-state index in [0.29, 0.717) is 0 Å². The Hall–Kier alpha value is -0.750. The third-order valence-electron chi connectivity index (χ3n) is 3.45. The van der Waals surface area contributed by atoms with Crippen LogP contribution in [0.3, 0.4) is 0 Å². The van der Waals surface area contributed by atoms with Gasteiger partial charge in [0, 0.05) is 40.7 Å². The van der Waals surface area contributed by atoms with E-state index < -0.39 is 0 Å². The zero-order chi connectivity index (χ0) is 13.7. The largest absolute Gasteiger partial charge is 0.396 e. The molecule has 19 heavy (non-hydrogen) atoms. The minimum atomic E-state index is 0.00127. The highest BCUT2D eigenvalue weighted by Crippen LogP contribution is 2.27. The molecule has 2 aromatic heterocycles. The number of nitrogens with one attached hydrogen (secondary N) is 1. The maximum Gasteiger partial charge on any atom is 0.124 e. The normalized spacial score (nSPS) is 14.5. The van der Waals surface area contributed by atoms with Crippen LogP contribution in [0.2, 0.25) is 0 Å². The van der Waals surface area contributed by atoms with Crippen LogP contribution in [0.5, 0.6) is 0 Å². The second-order valence-corrected chi connectivity index (χ2v) is 6.78. The molecule has 2 N–H and O–H groups in total. The van der Waals surface area contributed by atoms with Crippen molar-refractivity contribution in [2.75, 3.05) is 6.61 Å². The molecule has 5 heteroatoms. The maximum atomic E-state index is 9.11. The van der Waals surface area contributed by atoms with E-state index in [0.717, 1.165) is 24.4 Å². The Kier molecular flexibility index (Phi) is 5.10. The molecule has 2 rings (SSSR count). The van der Waals surface area contributed by atoms with Gasteiger partial charge in [0.15, 0.2) is 0 Å². The summed E-state index contributed by atoms with van der Waals surface area (Å²) in [5.41, 5.74) is 1.20. The second-order valence-electron chi connectivity index (χ2n) is 4.89. The molecule has 2 heterocycles. The van der Waals surface area contributed by atoms with Crippen LogP contribution in [0.15, 0.2) is 23.0 Å². The lowest BCUT2D eigenvalue weighted by Gasteiger charge is -2.28. The first-order chi connectivity index (χ1) is 9.17. The SMILES string of the molecule is CCC(C)(CCO)NCc1cnc(-c2ccsc2)s1. The Morgan fingerprint density at radius 1 is 1.47 bits per heavy atom. The van der Waals surface area contributed by atoms with Crippen LogP contribution in [-0.2, 0) is 6.54 Å².